The first-order valence-corrected chi connectivity index (χ1v) is 12.5. The van der Waals surface area contributed by atoms with Crippen LogP contribution < -0.4 is 14.6 Å². The van der Waals surface area contributed by atoms with Crippen LogP contribution in [0.3, 0.4) is 0 Å². The summed E-state index contributed by atoms with van der Waals surface area (Å²) in [6.45, 7) is 2.51. The van der Waals surface area contributed by atoms with E-state index in [-0.39, 0.29) is 16.9 Å². The molecule has 5 rings (SSSR count). The molecule has 0 saturated heterocycles. The lowest BCUT2D eigenvalue weighted by atomic mass is 9.85. The number of rotatable bonds is 5. The van der Waals surface area contributed by atoms with Crippen LogP contribution in [0.4, 0.5) is 0 Å². The van der Waals surface area contributed by atoms with Crippen LogP contribution in [0, 0.1) is 0 Å². The summed E-state index contributed by atoms with van der Waals surface area (Å²) in [5.74, 6) is 1.52. The molecule has 4 aromatic rings. The summed E-state index contributed by atoms with van der Waals surface area (Å²) < 4.78 is 42.2. The van der Waals surface area contributed by atoms with Crippen LogP contribution in [0.15, 0.2) is 82.1 Å². The molecule has 1 aliphatic heterocycles. The second-order valence-electron chi connectivity index (χ2n) is 8.16. The van der Waals surface area contributed by atoms with Crippen molar-refractivity contribution in [2.45, 2.75) is 36.7 Å². The first-order chi connectivity index (χ1) is 15.9. The first-order valence-electron chi connectivity index (χ1n) is 11.0. The number of furan rings is 1. The number of fused-ring (bicyclic) bond motifs is 2. The van der Waals surface area contributed by atoms with E-state index in [2.05, 4.69) is 25.1 Å². The lowest BCUT2D eigenvalue weighted by Crippen LogP contribution is -2.27. The number of benzene rings is 3. The summed E-state index contributed by atoms with van der Waals surface area (Å²) in [4.78, 5) is -0.00605. The molecule has 0 spiro atoms. The molecule has 6 nitrogen and oxygen atoms in total. The van der Waals surface area contributed by atoms with Gasteiger partial charge in [0.05, 0.1) is 17.4 Å². The van der Waals surface area contributed by atoms with Gasteiger partial charge in [0.2, 0.25) is 10.0 Å². The van der Waals surface area contributed by atoms with E-state index in [1.807, 2.05) is 36.4 Å². The van der Waals surface area contributed by atoms with Crippen LogP contribution >= 0.6 is 0 Å². The van der Waals surface area contributed by atoms with Gasteiger partial charge in [-0.3, -0.25) is 0 Å². The van der Waals surface area contributed by atoms with Crippen LogP contribution in [0.1, 0.15) is 36.1 Å². The van der Waals surface area contributed by atoms with Crippen LogP contribution in [-0.2, 0) is 16.4 Å². The Bertz CT molecular complexity index is 1380. The van der Waals surface area contributed by atoms with Crippen LogP contribution in [0.2, 0.25) is 0 Å². The smallest absolute Gasteiger partial charge is 0.238 e. The zero-order chi connectivity index (χ0) is 23.0. The Kier molecular flexibility index (Phi) is 5.60. The average molecular weight is 464 g/mol. The quantitative estimate of drug-likeness (QED) is 0.449. The minimum atomic E-state index is -3.84. The molecule has 7 heteroatoms. The van der Waals surface area contributed by atoms with E-state index in [0.717, 1.165) is 28.7 Å². The number of aryl methyl sites for hydroxylation is 1. The van der Waals surface area contributed by atoms with Gasteiger partial charge in [-0.05, 0) is 41.8 Å². The number of para-hydroxylation sites is 1. The van der Waals surface area contributed by atoms with E-state index in [1.165, 1.54) is 17.7 Å². The SMILES string of the molecule is CCc1ccccc1[C@@H](c1cc2ccccc2o1)C1CCOc2cc(S(N)(=O)=O)ccc2O1. The number of hydrogen-bond acceptors (Lipinski definition) is 5. The summed E-state index contributed by atoms with van der Waals surface area (Å²) in [5.41, 5.74) is 3.20. The van der Waals surface area contributed by atoms with Crippen LogP contribution in [0.5, 0.6) is 11.5 Å². The van der Waals surface area contributed by atoms with Crippen molar-refractivity contribution in [3.63, 3.8) is 0 Å². The molecule has 2 N–H and O–H groups in total. The van der Waals surface area contributed by atoms with Crippen molar-refractivity contribution in [2.75, 3.05) is 6.61 Å². The number of primary sulfonamides is 1. The highest BCUT2D eigenvalue weighted by molar-refractivity contribution is 7.89. The van der Waals surface area contributed by atoms with Gasteiger partial charge in [0.1, 0.15) is 17.4 Å². The second-order valence-corrected chi connectivity index (χ2v) is 9.73. The molecule has 3 aromatic carbocycles. The second kappa shape index (κ2) is 8.57. The monoisotopic (exact) mass is 463 g/mol. The Morgan fingerprint density at radius 3 is 2.58 bits per heavy atom. The Hall–Kier alpha value is -3.29. The normalized spacial score (nSPS) is 17.0. The van der Waals surface area contributed by atoms with Gasteiger partial charge in [0.25, 0.3) is 0 Å². The fraction of sp³-hybridized carbons (Fsp3) is 0.231. The van der Waals surface area contributed by atoms with Gasteiger partial charge in [-0.15, -0.1) is 0 Å². The maximum Gasteiger partial charge on any atom is 0.238 e. The molecular formula is C26H25NO5S. The molecule has 0 aliphatic carbocycles. The van der Waals surface area contributed by atoms with Gasteiger partial charge in [-0.25, -0.2) is 13.6 Å². The van der Waals surface area contributed by atoms with Crippen LogP contribution in [0.25, 0.3) is 11.0 Å². The molecule has 1 aromatic heterocycles. The standard InChI is InChI=1S/C26H25NO5S/c1-2-17-7-3-5-9-20(17)26(25-15-18-8-4-6-10-21(18)31-25)23-13-14-30-24-16-19(33(27,28)29)11-12-22(24)32-23/h3-12,15-16,23,26H,2,13-14H2,1H3,(H2,27,28,29)/t23?,26-/m1/s1. The molecule has 0 fully saturated rings. The minimum Gasteiger partial charge on any atom is -0.490 e. The van der Waals surface area contributed by atoms with Gasteiger partial charge in [0.15, 0.2) is 11.5 Å². The molecule has 2 atom stereocenters. The largest absolute Gasteiger partial charge is 0.490 e. The van der Waals surface area contributed by atoms with E-state index < -0.39 is 10.0 Å². The predicted octanol–water partition coefficient (Wildman–Crippen LogP) is 5.00. The summed E-state index contributed by atoms with van der Waals surface area (Å²) in [7, 11) is -3.84. The summed E-state index contributed by atoms with van der Waals surface area (Å²) in [6, 6.07) is 22.8. The van der Waals surface area contributed by atoms with Gasteiger partial charge < -0.3 is 13.9 Å². The molecular weight excluding hydrogens is 438 g/mol. The zero-order valence-corrected chi connectivity index (χ0v) is 19.0. The van der Waals surface area contributed by atoms with Crippen molar-refractivity contribution in [1.82, 2.24) is 0 Å². The average Bonchev–Trinajstić information content (AvgIpc) is 3.11. The Labute approximate surface area is 193 Å². The molecule has 0 bridgehead atoms. The third-order valence-electron chi connectivity index (χ3n) is 6.08. The van der Waals surface area contributed by atoms with E-state index >= 15 is 0 Å². The fourth-order valence-electron chi connectivity index (χ4n) is 4.47. The van der Waals surface area contributed by atoms with Crippen molar-refractivity contribution >= 4 is 21.0 Å². The molecule has 1 aliphatic rings. The summed E-state index contributed by atoms with van der Waals surface area (Å²) in [5, 5.41) is 6.33. The van der Waals surface area contributed by atoms with Crippen molar-refractivity contribution in [3.05, 3.63) is 89.7 Å². The fourth-order valence-corrected chi connectivity index (χ4v) is 5.00. The third-order valence-corrected chi connectivity index (χ3v) is 6.99. The summed E-state index contributed by atoms with van der Waals surface area (Å²) >= 11 is 0. The minimum absolute atomic E-state index is 0.00605. The molecule has 0 radical (unpaired) electrons. The lowest BCUT2D eigenvalue weighted by molar-refractivity contribution is 0.164. The van der Waals surface area contributed by atoms with E-state index in [1.54, 1.807) is 6.07 Å². The summed E-state index contributed by atoms with van der Waals surface area (Å²) in [6.07, 6.45) is 1.20. The number of ether oxygens (including phenoxy) is 2. The molecule has 1 unspecified atom stereocenters. The van der Waals surface area contributed by atoms with Gasteiger partial charge >= 0.3 is 0 Å². The zero-order valence-electron chi connectivity index (χ0n) is 18.2. The highest BCUT2D eigenvalue weighted by atomic mass is 32.2. The molecule has 33 heavy (non-hydrogen) atoms. The Balaban J connectivity index is 1.61. The van der Waals surface area contributed by atoms with Crippen molar-refractivity contribution in [1.29, 1.82) is 0 Å². The van der Waals surface area contributed by atoms with Gasteiger partial charge in [-0.2, -0.15) is 0 Å². The van der Waals surface area contributed by atoms with E-state index in [0.29, 0.717) is 24.5 Å². The Morgan fingerprint density at radius 1 is 1.00 bits per heavy atom. The van der Waals surface area contributed by atoms with Gasteiger partial charge in [0, 0.05) is 17.9 Å². The molecule has 170 valence electrons. The lowest BCUT2D eigenvalue weighted by Gasteiger charge is -2.27. The molecule has 0 amide bonds. The van der Waals surface area contributed by atoms with Gasteiger partial charge in [-0.1, -0.05) is 49.4 Å². The van der Waals surface area contributed by atoms with E-state index in [4.69, 9.17) is 19.0 Å². The third kappa shape index (κ3) is 4.21. The molecule has 2 heterocycles. The van der Waals surface area contributed by atoms with Crippen molar-refractivity contribution in [2.24, 2.45) is 5.14 Å². The first kappa shape index (κ1) is 21.6. The maximum absolute atomic E-state index is 11.8. The number of sulfonamides is 1. The van der Waals surface area contributed by atoms with Crippen molar-refractivity contribution < 1.29 is 22.3 Å². The Morgan fingerprint density at radius 2 is 1.79 bits per heavy atom. The topological polar surface area (TPSA) is 91.8 Å². The predicted molar refractivity (Wildman–Crippen MR) is 126 cm³/mol. The molecule has 0 saturated carbocycles. The van der Waals surface area contributed by atoms with Crippen molar-refractivity contribution in [3.8, 4) is 11.5 Å². The number of nitrogens with two attached hydrogens (primary N) is 1. The van der Waals surface area contributed by atoms with Crippen LogP contribution in [-0.4, -0.2) is 21.1 Å². The highest BCUT2D eigenvalue weighted by Gasteiger charge is 2.33. The van der Waals surface area contributed by atoms with E-state index in [9.17, 15) is 8.42 Å². The highest BCUT2D eigenvalue weighted by Crippen LogP contribution is 2.41. The maximum atomic E-state index is 11.8. The number of hydrogen-bond donors (Lipinski definition) is 1.